The fourth-order valence-corrected chi connectivity index (χ4v) is 1.41. The molecule has 1 atom stereocenters. The quantitative estimate of drug-likeness (QED) is 0.717. The number of hydrogen-bond acceptors (Lipinski definition) is 3. The zero-order chi connectivity index (χ0) is 13.1. The van der Waals surface area contributed by atoms with Crippen LogP contribution in [-0.4, -0.2) is 28.2 Å². The van der Waals surface area contributed by atoms with Gasteiger partial charge in [0.1, 0.15) is 5.69 Å². The maximum absolute atomic E-state index is 12.0. The Morgan fingerprint density at radius 3 is 2.71 bits per heavy atom. The van der Waals surface area contributed by atoms with Crippen LogP contribution in [0.3, 0.4) is 0 Å². The van der Waals surface area contributed by atoms with E-state index in [-0.39, 0.29) is 11.8 Å². The van der Waals surface area contributed by atoms with Crippen LogP contribution in [0.4, 0.5) is 0 Å². The van der Waals surface area contributed by atoms with Gasteiger partial charge in [0.05, 0.1) is 5.54 Å². The summed E-state index contributed by atoms with van der Waals surface area (Å²) in [5.41, 5.74) is 6.69. The lowest BCUT2D eigenvalue weighted by Gasteiger charge is -2.33. The zero-order valence-electron chi connectivity index (χ0n) is 11.0. The van der Waals surface area contributed by atoms with E-state index in [0.717, 1.165) is 12.1 Å². The molecule has 0 radical (unpaired) electrons. The molecule has 0 aliphatic carbocycles. The number of H-pyrrole nitrogens is 1. The van der Waals surface area contributed by atoms with E-state index in [1.165, 1.54) is 0 Å². The standard InChI is InChI=1S/C12H22N4O/c1-5-9-6-10(16-15-9)11(17)14-12(4,7-13)8(2)3/h6,8H,5,7,13H2,1-4H3,(H,14,17)(H,15,16). The van der Waals surface area contributed by atoms with Gasteiger partial charge in [-0.3, -0.25) is 9.89 Å². The molecular formula is C12H22N4O. The molecule has 5 heteroatoms. The Kier molecular flexibility index (Phi) is 4.28. The maximum atomic E-state index is 12.0. The average molecular weight is 238 g/mol. The number of nitrogens with one attached hydrogen (secondary N) is 2. The molecule has 96 valence electrons. The summed E-state index contributed by atoms with van der Waals surface area (Å²) in [6, 6.07) is 1.77. The fraction of sp³-hybridized carbons (Fsp3) is 0.667. The number of aryl methyl sites for hydroxylation is 1. The number of hydrogen-bond donors (Lipinski definition) is 3. The van der Waals surface area contributed by atoms with Gasteiger partial charge in [0.25, 0.3) is 5.91 Å². The van der Waals surface area contributed by atoms with Crippen LogP contribution in [0.1, 0.15) is 43.9 Å². The number of nitrogens with two attached hydrogens (primary N) is 1. The van der Waals surface area contributed by atoms with Crippen molar-refractivity contribution in [3.63, 3.8) is 0 Å². The Labute approximate surface area is 102 Å². The molecule has 1 aromatic heterocycles. The van der Waals surface area contributed by atoms with Crippen LogP contribution in [0.25, 0.3) is 0 Å². The largest absolute Gasteiger partial charge is 0.344 e. The molecule has 0 saturated carbocycles. The highest BCUT2D eigenvalue weighted by atomic mass is 16.2. The topological polar surface area (TPSA) is 83.8 Å². The predicted octanol–water partition coefficient (Wildman–Crippen LogP) is 1.08. The molecule has 5 nitrogen and oxygen atoms in total. The Morgan fingerprint density at radius 1 is 1.65 bits per heavy atom. The molecule has 0 aliphatic rings. The third-order valence-electron chi connectivity index (χ3n) is 3.34. The second kappa shape index (κ2) is 5.31. The van der Waals surface area contributed by atoms with Crippen molar-refractivity contribution in [2.24, 2.45) is 11.7 Å². The van der Waals surface area contributed by atoms with Crippen LogP contribution in [0.15, 0.2) is 6.07 Å². The van der Waals surface area contributed by atoms with Gasteiger partial charge < -0.3 is 11.1 Å². The van der Waals surface area contributed by atoms with Gasteiger partial charge in [-0.05, 0) is 25.3 Å². The molecule has 17 heavy (non-hydrogen) atoms. The van der Waals surface area contributed by atoms with Gasteiger partial charge in [-0.25, -0.2) is 0 Å². The summed E-state index contributed by atoms with van der Waals surface area (Å²) in [5.74, 6) is 0.0867. The minimum Gasteiger partial charge on any atom is -0.344 e. The molecule has 1 heterocycles. The van der Waals surface area contributed by atoms with Crippen molar-refractivity contribution in [1.29, 1.82) is 0 Å². The molecule has 0 fully saturated rings. The first kappa shape index (κ1) is 13.7. The number of aromatic nitrogens is 2. The van der Waals surface area contributed by atoms with Crippen molar-refractivity contribution in [1.82, 2.24) is 15.5 Å². The summed E-state index contributed by atoms with van der Waals surface area (Å²) >= 11 is 0. The van der Waals surface area contributed by atoms with Crippen LogP contribution in [0, 0.1) is 5.92 Å². The van der Waals surface area contributed by atoms with E-state index in [2.05, 4.69) is 15.5 Å². The third kappa shape index (κ3) is 3.06. The molecule has 4 N–H and O–H groups in total. The van der Waals surface area contributed by atoms with E-state index in [9.17, 15) is 4.79 Å². The number of rotatable bonds is 5. The van der Waals surface area contributed by atoms with Gasteiger partial charge in [-0.2, -0.15) is 5.10 Å². The SMILES string of the molecule is CCc1cc(C(=O)NC(C)(CN)C(C)C)n[nH]1. The lowest BCUT2D eigenvalue weighted by atomic mass is 9.88. The van der Waals surface area contributed by atoms with Gasteiger partial charge in [-0.15, -0.1) is 0 Å². The molecule has 0 aliphatic heterocycles. The molecule has 0 saturated heterocycles. The number of amides is 1. The zero-order valence-corrected chi connectivity index (χ0v) is 11.0. The number of nitrogens with zero attached hydrogens (tertiary/aromatic N) is 1. The van der Waals surface area contributed by atoms with E-state index in [4.69, 9.17) is 5.73 Å². The number of aromatic amines is 1. The predicted molar refractivity (Wildman–Crippen MR) is 67.7 cm³/mol. The highest BCUT2D eigenvalue weighted by Gasteiger charge is 2.29. The molecular weight excluding hydrogens is 216 g/mol. The van der Waals surface area contributed by atoms with Crippen LogP contribution < -0.4 is 11.1 Å². The Morgan fingerprint density at radius 2 is 2.29 bits per heavy atom. The lowest BCUT2D eigenvalue weighted by molar-refractivity contribution is 0.0878. The first-order chi connectivity index (χ1) is 7.92. The Balaban J connectivity index is 2.77. The Hall–Kier alpha value is -1.36. The van der Waals surface area contributed by atoms with Gasteiger partial charge in [0, 0.05) is 12.2 Å². The molecule has 1 rings (SSSR count). The molecule has 0 spiro atoms. The minimum atomic E-state index is -0.400. The maximum Gasteiger partial charge on any atom is 0.272 e. The molecule has 1 aromatic rings. The van der Waals surface area contributed by atoms with Gasteiger partial charge in [-0.1, -0.05) is 20.8 Å². The molecule has 1 unspecified atom stereocenters. The van der Waals surface area contributed by atoms with E-state index >= 15 is 0 Å². The van der Waals surface area contributed by atoms with Crippen molar-refractivity contribution in [3.8, 4) is 0 Å². The summed E-state index contributed by atoms with van der Waals surface area (Å²) in [7, 11) is 0. The van der Waals surface area contributed by atoms with Crippen molar-refractivity contribution >= 4 is 5.91 Å². The summed E-state index contributed by atoms with van der Waals surface area (Å²) in [4.78, 5) is 12.0. The third-order valence-corrected chi connectivity index (χ3v) is 3.34. The van der Waals surface area contributed by atoms with E-state index in [1.54, 1.807) is 6.07 Å². The van der Waals surface area contributed by atoms with Crippen molar-refractivity contribution in [2.45, 2.75) is 39.7 Å². The van der Waals surface area contributed by atoms with Crippen LogP contribution >= 0.6 is 0 Å². The van der Waals surface area contributed by atoms with Gasteiger partial charge >= 0.3 is 0 Å². The molecule has 0 aromatic carbocycles. The van der Waals surface area contributed by atoms with E-state index in [0.29, 0.717) is 12.2 Å². The fourth-order valence-electron chi connectivity index (χ4n) is 1.41. The Bertz CT molecular complexity index is 386. The van der Waals surface area contributed by atoms with Crippen molar-refractivity contribution in [3.05, 3.63) is 17.5 Å². The molecule has 0 bridgehead atoms. The monoisotopic (exact) mass is 238 g/mol. The minimum absolute atomic E-state index is 0.178. The van der Waals surface area contributed by atoms with E-state index in [1.807, 2.05) is 27.7 Å². The van der Waals surface area contributed by atoms with Crippen LogP contribution in [0.2, 0.25) is 0 Å². The van der Waals surface area contributed by atoms with Crippen LogP contribution in [-0.2, 0) is 6.42 Å². The van der Waals surface area contributed by atoms with Gasteiger partial charge in [0.15, 0.2) is 0 Å². The van der Waals surface area contributed by atoms with E-state index < -0.39 is 5.54 Å². The van der Waals surface area contributed by atoms with Crippen molar-refractivity contribution in [2.75, 3.05) is 6.54 Å². The summed E-state index contributed by atoms with van der Waals surface area (Å²) in [5, 5.41) is 9.76. The van der Waals surface area contributed by atoms with Crippen LogP contribution in [0.5, 0.6) is 0 Å². The summed E-state index contributed by atoms with van der Waals surface area (Å²) < 4.78 is 0. The first-order valence-corrected chi connectivity index (χ1v) is 5.99. The summed E-state index contributed by atoms with van der Waals surface area (Å²) in [6.07, 6.45) is 0.832. The average Bonchev–Trinajstić information content (AvgIpc) is 2.77. The number of carbonyl (C=O) groups is 1. The number of carbonyl (C=O) groups excluding carboxylic acids is 1. The summed E-state index contributed by atoms with van der Waals surface area (Å²) in [6.45, 7) is 8.43. The van der Waals surface area contributed by atoms with Crippen molar-refractivity contribution < 1.29 is 4.79 Å². The first-order valence-electron chi connectivity index (χ1n) is 5.99. The second-order valence-corrected chi connectivity index (χ2v) is 4.86. The highest BCUT2D eigenvalue weighted by molar-refractivity contribution is 5.92. The lowest BCUT2D eigenvalue weighted by Crippen LogP contribution is -2.55. The normalized spacial score (nSPS) is 14.7. The second-order valence-electron chi connectivity index (χ2n) is 4.86. The molecule has 1 amide bonds. The smallest absolute Gasteiger partial charge is 0.272 e. The van der Waals surface area contributed by atoms with Gasteiger partial charge in [0.2, 0.25) is 0 Å². The highest BCUT2D eigenvalue weighted by Crippen LogP contribution is 2.15.